The summed E-state index contributed by atoms with van der Waals surface area (Å²) in [6.07, 6.45) is 8.19. The standard InChI is InChI=1S/C26H36N4O4/c1-3-6-25(26(34)29-19-33)30(2)16-22-15-20(8-9-21(22)17-31)7-4-5-14-27-23-10-12-24(13-11-23)28-18-32/h8-9,15,17-19,23-25,27H,3,5-6,10-14,16H2,1-2H3,(H,28,32)(H,29,33,34)/t23-,24+,25?. The molecule has 34 heavy (non-hydrogen) atoms. The zero-order valence-corrected chi connectivity index (χ0v) is 20.1. The van der Waals surface area contributed by atoms with Crippen molar-refractivity contribution in [3.8, 4) is 11.8 Å². The molecule has 0 aromatic heterocycles. The van der Waals surface area contributed by atoms with Gasteiger partial charge in [0.05, 0.1) is 6.04 Å². The molecule has 3 amide bonds. The van der Waals surface area contributed by atoms with Crippen molar-refractivity contribution < 1.29 is 19.2 Å². The normalized spacial score (nSPS) is 18.3. The number of hydrogen-bond donors (Lipinski definition) is 3. The van der Waals surface area contributed by atoms with Crippen molar-refractivity contribution in [3.05, 3.63) is 34.9 Å². The lowest BCUT2D eigenvalue weighted by Gasteiger charge is -2.28. The number of carbonyl (C=O) groups is 4. The van der Waals surface area contributed by atoms with Gasteiger partial charge < -0.3 is 10.6 Å². The van der Waals surface area contributed by atoms with Gasteiger partial charge in [0.2, 0.25) is 18.7 Å². The largest absolute Gasteiger partial charge is 0.356 e. The second-order valence-corrected chi connectivity index (χ2v) is 8.72. The Morgan fingerprint density at radius 2 is 1.88 bits per heavy atom. The number of hydrogen-bond acceptors (Lipinski definition) is 6. The molecule has 184 valence electrons. The van der Waals surface area contributed by atoms with Crippen molar-refractivity contribution in [1.82, 2.24) is 20.9 Å². The molecule has 1 atom stereocenters. The van der Waals surface area contributed by atoms with Crippen LogP contribution < -0.4 is 16.0 Å². The van der Waals surface area contributed by atoms with Gasteiger partial charge in [-0.3, -0.25) is 29.4 Å². The first-order valence-electron chi connectivity index (χ1n) is 12.0. The molecule has 2 rings (SSSR count). The second kappa shape index (κ2) is 15.0. The Balaban J connectivity index is 1.93. The van der Waals surface area contributed by atoms with Gasteiger partial charge in [-0.2, -0.15) is 0 Å². The summed E-state index contributed by atoms with van der Waals surface area (Å²) in [6, 6.07) is 5.78. The van der Waals surface area contributed by atoms with Crippen LogP contribution in [-0.2, 0) is 20.9 Å². The lowest BCUT2D eigenvalue weighted by Crippen LogP contribution is -2.44. The van der Waals surface area contributed by atoms with Gasteiger partial charge in [0.1, 0.15) is 6.29 Å². The van der Waals surface area contributed by atoms with E-state index in [0.717, 1.165) is 62.5 Å². The van der Waals surface area contributed by atoms with E-state index < -0.39 is 6.04 Å². The molecule has 1 aliphatic rings. The van der Waals surface area contributed by atoms with Crippen LogP contribution in [0, 0.1) is 11.8 Å². The quantitative estimate of drug-likeness (QED) is 0.231. The van der Waals surface area contributed by atoms with Crippen LogP contribution in [0.25, 0.3) is 0 Å². The molecule has 0 radical (unpaired) electrons. The van der Waals surface area contributed by atoms with Crippen LogP contribution in [0.15, 0.2) is 18.2 Å². The number of likely N-dealkylation sites (N-methyl/N-ethyl adjacent to an activating group) is 1. The van der Waals surface area contributed by atoms with Crippen molar-refractivity contribution in [1.29, 1.82) is 0 Å². The molecule has 0 saturated heterocycles. The highest BCUT2D eigenvalue weighted by Gasteiger charge is 2.23. The molecule has 8 heteroatoms. The first kappa shape index (κ1) is 27.2. The smallest absolute Gasteiger partial charge is 0.243 e. The van der Waals surface area contributed by atoms with Gasteiger partial charge in [0.15, 0.2) is 0 Å². The average molecular weight is 469 g/mol. The van der Waals surface area contributed by atoms with Crippen LogP contribution >= 0.6 is 0 Å². The minimum Gasteiger partial charge on any atom is -0.356 e. The average Bonchev–Trinajstić information content (AvgIpc) is 2.83. The third-order valence-electron chi connectivity index (χ3n) is 6.23. The number of imide groups is 1. The summed E-state index contributed by atoms with van der Waals surface area (Å²) in [6.45, 7) is 3.17. The summed E-state index contributed by atoms with van der Waals surface area (Å²) in [5, 5.41) is 8.63. The molecule has 0 spiro atoms. The zero-order chi connectivity index (χ0) is 24.8. The molecule has 1 aliphatic carbocycles. The van der Waals surface area contributed by atoms with Crippen LogP contribution in [0.5, 0.6) is 0 Å². The van der Waals surface area contributed by atoms with Crippen LogP contribution in [0.4, 0.5) is 0 Å². The molecule has 0 aliphatic heterocycles. The van der Waals surface area contributed by atoms with Gasteiger partial charge in [-0.05, 0) is 56.8 Å². The molecule has 8 nitrogen and oxygen atoms in total. The molecule has 1 fully saturated rings. The van der Waals surface area contributed by atoms with E-state index >= 15 is 0 Å². The maximum atomic E-state index is 12.2. The maximum Gasteiger partial charge on any atom is 0.243 e. The fraction of sp³-hybridized carbons (Fsp3) is 0.538. The van der Waals surface area contributed by atoms with Crippen molar-refractivity contribution in [3.63, 3.8) is 0 Å². The summed E-state index contributed by atoms with van der Waals surface area (Å²) in [5.41, 5.74) is 2.17. The van der Waals surface area contributed by atoms with E-state index in [2.05, 4.69) is 27.8 Å². The van der Waals surface area contributed by atoms with Gasteiger partial charge in [0, 0.05) is 42.7 Å². The number of amides is 3. The summed E-state index contributed by atoms with van der Waals surface area (Å²) in [4.78, 5) is 46.9. The lowest BCUT2D eigenvalue weighted by molar-refractivity contribution is -0.129. The number of benzene rings is 1. The molecule has 1 saturated carbocycles. The van der Waals surface area contributed by atoms with Gasteiger partial charge in [-0.1, -0.05) is 31.3 Å². The van der Waals surface area contributed by atoms with E-state index in [4.69, 9.17) is 0 Å². The summed E-state index contributed by atoms with van der Waals surface area (Å²) in [5.74, 6) is 6.02. The second-order valence-electron chi connectivity index (χ2n) is 8.72. The Kier molecular flexibility index (Phi) is 12.0. The van der Waals surface area contributed by atoms with Gasteiger partial charge in [0.25, 0.3) is 0 Å². The number of aldehydes is 1. The lowest BCUT2D eigenvalue weighted by atomic mass is 9.91. The minimum absolute atomic E-state index is 0.301. The van der Waals surface area contributed by atoms with E-state index in [9.17, 15) is 19.2 Å². The first-order chi connectivity index (χ1) is 16.5. The highest BCUT2D eigenvalue weighted by molar-refractivity contribution is 5.90. The Bertz CT molecular complexity index is 885. The fourth-order valence-electron chi connectivity index (χ4n) is 4.36. The van der Waals surface area contributed by atoms with E-state index in [1.165, 1.54) is 0 Å². The topological polar surface area (TPSA) is 108 Å². The molecule has 1 unspecified atom stereocenters. The molecule has 0 heterocycles. The monoisotopic (exact) mass is 468 g/mol. The molecule has 1 aromatic rings. The van der Waals surface area contributed by atoms with Gasteiger partial charge >= 0.3 is 0 Å². The predicted molar refractivity (Wildman–Crippen MR) is 131 cm³/mol. The van der Waals surface area contributed by atoms with Gasteiger partial charge in [-0.15, -0.1) is 0 Å². The molecular formula is C26H36N4O4. The fourth-order valence-corrected chi connectivity index (χ4v) is 4.36. The highest BCUT2D eigenvalue weighted by atomic mass is 16.2. The van der Waals surface area contributed by atoms with Crippen molar-refractivity contribution in [2.45, 2.75) is 76.5 Å². The SMILES string of the molecule is CCCC(C(=O)NC=O)N(C)Cc1cc(C#CCCN[C@H]2CC[C@@H](NC=O)CC2)ccc1C=O. The molecule has 3 N–H and O–H groups in total. The van der Waals surface area contributed by atoms with Crippen molar-refractivity contribution in [2.24, 2.45) is 0 Å². The summed E-state index contributed by atoms with van der Waals surface area (Å²) < 4.78 is 0. The predicted octanol–water partition coefficient (Wildman–Crippen LogP) is 1.76. The molecule has 0 bridgehead atoms. The van der Waals surface area contributed by atoms with Crippen molar-refractivity contribution in [2.75, 3.05) is 13.6 Å². The van der Waals surface area contributed by atoms with Crippen LogP contribution in [-0.4, -0.2) is 61.6 Å². The Morgan fingerprint density at radius 1 is 1.15 bits per heavy atom. The minimum atomic E-state index is -0.459. The number of nitrogens with zero attached hydrogens (tertiary/aromatic N) is 1. The summed E-state index contributed by atoms with van der Waals surface area (Å²) >= 11 is 0. The van der Waals surface area contributed by atoms with E-state index in [-0.39, 0.29) is 5.91 Å². The van der Waals surface area contributed by atoms with E-state index in [0.29, 0.717) is 43.4 Å². The zero-order valence-electron chi connectivity index (χ0n) is 20.1. The Morgan fingerprint density at radius 3 is 2.53 bits per heavy atom. The number of nitrogens with one attached hydrogen (secondary N) is 3. The molecule has 1 aromatic carbocycles. The van der Waals surface area contributed by atoms with Crippen LogP contribution in [0.3, 0.4) is 0 Å². The Labute approximate surface area is 202 Å². The third kappa shape index (κ3) is 8.73. The van der Waals surface area contributed by atoms with E-state index in [1.54, 1.807) is 6.07 Å². The number of rotatable bonds is 13. The molecular weight excluding hydrogens is 432 g/mol. The highest BCUT2D eigenvalue weighted by Crippen LogP contribution is 2.18. The van der Waals surface area contributed by atoms with Crippen LogP contribution in [0.2, 0.25) is 0 Å². The Hall–Kier alpha value is -3.02. The van der Waals surface area contributed by atoms with Crippen molar-refractivity contribution >= 4 is 25.0 Å². The first-order valence-corrected chi connectivity index (χ1v) is 12.0. The number of carbonyl (C=O) groups excluding carboxylic acids is 4. The van der Waals surface area contributed by atoms with Gasteiger partial charge in [-0.25, -0.2) is 0 Å². The third-order valence-corrected chi connectivity index (χ3v) is 6.23. The van der Waals surface area contributed by atoms with E-state index in [1.807, 2.05) is 31.0 Å². The van der Waals surface area contributed by atoms with Crippen LogP contribution in [0.1, 0.15) is 73.4 Å². The summed E-state index contributed by atoms with van der Waals surface area (Å²) in [7, 11) is 1.81. The maximum absolute atomic E-state index is 12.2.